The Labute approximate surface area is 163 Å². The van der Waals surface area contributed by atoms with E-state index in [1.54, 1.807) is 28.7 Å². The summed E-state index contributed by atoms with van der Waals surface area (Å²) in [6.45, 7) is 0. The molecule has 0 fully saturated rings. The zero-order chi connectivity index (χ0) is 18.2. The lowest BCUT2D eigenvalue weighted by Gasteiger charge is -2.01. The molecule has 0 spiro atoms. The third-order valence-corrected chi connectivity index (χ3v) is 6.35. The lowest BCUT2D eigenvalue weighted by molar-refractivity contribution is 0.627. The average molecular weight is 388 g/mol. The monoisotopic (exact) mass is 388 g/mol. The molecule has 2 nitrogen and oxygen atoms in total. The first-order valence-electron chi connectivity index (χ1n) is 8.45. The summed E-state index contributed by atoms with van der Waals surface area (Å²) >= 11 is 3.25. The maximum Gasteiger partial charge on any atom is 0.127 e. The van der Waals surface area contributed by atoms with Crippen molar-refractivity contribution >= 4 is 54.8 Å². The number of hydrogen-bond acceptors (Lipinski definition) is 4. The third kappa shape index (κ3) is 3.16. The molecule has 130 valence electrons. The second-order valence-corrected chi connectivity index (χ2v) is 8.15. The third-order valence-electron chi connectivity index (χ3n) is 4.21. The van der Waals surface area contributed by atoms with Gasteiger partial charge in [-0.05, 0) is 48.0 Å². The summed E-state index contributed by atoms with van der Waals surface area (Å²) in [5.74, 6) is -0.253. The summed E-state index contributed by atoms with van der Waals surface area (Å²) in [4.78, 5) is 9.60. The standard InChI is InChI=1S/C22H13FN2S2/c23-15-7-5-6-14(12-15)13-16(21-24-17-8-1-3-10-19(17)26-21)22-25-18-9-2-4-11-20(18)27-22/h1-13H. The molecule has 0 N–H and O–H groups in total. The van der Waals surface area contributed by atoms with Crippen LogP contribution in [0, 0.1) is 5.82 Å². The van der Waals surface area contributed by atoms with E-state index in [1.807, 2.05) is 48.5 Å². The Morgan fingerprint density at radius 2 is 1.33 bits per heavy atom. The van der Waals surface area contributed by atoms with Crippen LogP contribution in [0.5, 0.6) is 0 Å². The van der Waals surface area contributed by atoms with E-state index >= 15 is 0 Å². The van der Waals surface area contributed by atoms with Crippen molar-refractivity contribution in [3.63, 3.8) is 0 Å². The number of fused-ring (bicyclic) bond motifs is 2. The highest BCUT2D eigenvalue weighted by Gasteiger charge is 2.15. The molecule has 2 heterocycles. The van der Waals surface area contributed by atoms with Gasteiger partial charge >= 0.3 is 0 Å². The summed E-state index contributed by atoms with van der Waals surface area (Å²) in [7, 11) is 0. The molecule has 0 saturated carbocycles. The lowest BCUT2D eigenvalue weighted by Crippen LogP contribution is -1.87. The van der Waals surface area contributed by atoms with Gasteiger partial charge in [0.15, 0.2) is 0 Å². The Morgan fingerprint density at radius 3 is 1.89 bits per heavy atom. The molecule has 0 unspecified atom stereocenters. The molecule has 2 aromatic heterocycles. The number of nitrogens with zero attached hydrogens (tertiary/aromatic N) is 2. The predicted molar refractivity (Wildman–Crippen MR) is 113 cm³/mol. The molecule has 0 aliphatic heterocycles. The van der Waals surface area contributed by atoms with Gasteiger partial charge in [-0.3, -0.25) is 0 Å². The molecule has 5 heteroatoms. The van der Waals surface area contributed by atoms with E-state index in [2.05, 4.69) is 12.1 Å². The Morgan fingerprint density at radius 1 is 0.741 bits per heavy atom. The first-order chi connectivity index (χ1) is 13.3. The van der Waals surface area contributed by atoms with Gasteiger partial charge in [0.1, 0.15) is 15.8 Å². The van der Waals surface area contributed by atoms with Crippen molar-refractivity contribution in [1.29, 1.82) is 0 Å². The summed E-state index contributed by atoms with van der Waals surface area (Å²) in [5.41, 5.74) is 3.64. The van der Waals surface area contributed by atoms with Crippen molar-refractivity contribution in [3.8, 4) is 0 Å². The Hall–Kier alpha value is -2.89. The average Bonchev–Trinajstić information content (AvgIpc) is 3.30. The quantitative estimate of drug-likeness (QED) is 0.346. The van der Waals surface area contributed by atoms with Crippen LogP contribution in [0.15, 0.2) is 72.8 Å². The van der Waals surface area contributed by atoms with Gasteiger partial charge in [0.2, 0.25) is 0 Å². The van der Waals surface area contributed by atoms with Crippen molar-refractivity contribution in [2.24, 2.45) is 0 Å². The lowest BCUT2D eigenvalue weighted by atomic mass is 10.1. The van der Waals surface area contributed by atoms with Gasteiger partial charge in [-0.1, -0.05) is 36.4 Å². The van der Waals surface area contributed by atoms with Gasteiger partial charge in [0, 0.05) is 5.57 Å². The van der Waals surface area contributed by atoms with E-state index in [4.69, 9.17) is 9.97 Å². The number of hydrogen-bond donors (Lipinski definition) is 0. The number of halogens is 1. The highest BCUT2D eigenvalue weighted by atomic mass is 32.1. The number of benzene rings is 3. The molecule has 0 bridgehead atoms. The SMILES string of the molecule is Fc1cccc(C=C(c2nc3ccccc3s2)c2nc3ccccc3s2)c1. The molecule has 27 heavy (non-hydrogen) atoms. The maximum absolute atomic E-state index is 13.7. The smallest absolute Gasteiger partial charge is 0.127 e. The van der Waals surface area contributed by atoms with Crippen LogP contribution in [0.3, 0.4) is 0 Å². The number of thiazole rings is 2. The molecule has 0 aliphatic carbocycles. The van der Waals surface area contributed by atoms with Crippen LogP contribution >= 0.6 is 22.7 Å². The molecule has 3 aromatic carbocycles. The minimum Gasteiger partial charge on any atom is -0.236 e. The largest absolute Gasteiger partial charge is 0.236 e. The number of rotatable bonds is 3. The zero-order valence-electron chi connectivity index (χ0n) is 14.1. The number of para-hydroxylation sites is 2. The second-order valence-electron chi connectivity index (χ2n) is 6.09. The van der Waals surface area contributed by atoms with Crippen LogP contribution in [0.4, 0.5) is 4.39 Å². The minimum atomic E-state index is -0.253. The Bertz CT molecular complexity index is 1160. The molecule has 0 aliphatic rings. The maximum atomic E-state index is 13.7. The molecular weight excluding hydrogens is 375 g/mol. The van der Waals surface area contributed by atoms with E-state index in [0.29, 0.717) is 0 Å². The van der Waals surface area contributed by atoms with Crippen molar-refractivity contribution in [3.05, 3.63) is 94.2 Å². The van der Waals surface area contributed by atoms with E-state index < -0.39 is 0 Å². The summed E-state index contributed by atoms with van der Waals surface area (Å²) < 4.78 is 15.9. The molecule has 0 atom stereocenters. The summed E-state index contributed by atoms with van der Waals surface area (Å²) in [6, 6.07) is 22.7. The van der Waals surface area contributed by atoms with Crippen LogP contribution in [0.2, 0.25) is 0 Å². The molecular formula is C22H13FN2S2. The second kappa shape index (κ2) is 6.68. The van der Waals surface area contributed by atoms with E-state index in [-0.39, 0.29) is 5.82 Å². The first-order valence-corrected chi connectivity index (χ1v) is 10.1. The van der Waals surface area contributed by atoms with Gasteiger partial charge in [-0.2, -0.15) is 0 Å². The minimum absolute atomic E-state index is 0.253. The van der Waals surface area contributed by atoms with Crippen molar-refractivity contribution in [2.45, 2.75) is 0 Å². The van der Waals surface area contributed by atoms with Gasteiger partial charge in [0.05, 0.1) is 20.4 Å². The fraction of sp³-hybridized carbons (Fsp3) is 0. The highest BCUT2D eigenvalue weighted by Crippen LogP contribution is 2.36. The van der Waals surface area contributed by atoms with Crippen molar-refractivity contribution < 1.29 is 4.39 Å². The van der Waals surface area contributed by atoms with Gasteiger partial charge in [-0.15, -0.1) is 22.7 Å². The zero-order valence-corrected chi connectivity index (χ0v) is 15.7. The molecule has 0 radical (unpaired) electrons. The Balaban J connectivity index is 1.73. The molecule has 0 amide bonds. The topological polar surface area (TPSA) is 25.8 Å². The van der Waals surface area contributed by atoms with Crippen LogP contribution in [-0.2, 0) is 0 Å². The van der Waals surface area contributed by atoms with Crippen LogP contribution in [0.1, 0.15) is 15.6 Å². The Kier molecular flexibility index (Phi) is 4.03. The summed E-state index contributed by atoms with van der Waals surface area (Å²) in [6.07, 6.45) is 1.97. The fourth-order valence-electron chi connectivity index (χ4n) is 2.95. The normalized spacial score (nSPS) is 11.1. The van der Waals surface area contributed by atoms with Crippen LogP contribution < -0.4 is 0 Å². The van der Waals surface area contributed by atoms with E-state index in [9.17, 15) is 4.39 Å². The van der Waals surface area contributed by atoms with Crippen molar-refractivity contribution in [2.75, 3.05) is 0 Å². The van der Waals surface area contributed by atoms with E-state index in [0.717, 1.165) is 41.6 Å². The van der Waals surface area contributed by atoms with Gasteiger partial charge in [0.25, 0.3) is 0 Å². The predicted octanol–water partition coefficient (Wildman–Crippen LogP) is 6.63. The van der Waals surface area contributed by atoms with Crippen LogP contribution in [0.25, 0.3) is 32.1 Å². The highest BCUT2D eigenvalue weighted by molar-refractivity contribution is 7.22. The van der Waals surface area contributed by atoms with Gasteiger partial charge < -0.3 is 0 Å². The van der Waals surface area contributed by atoms with Crippen molar-refractivity contribution in [1.82, 2.24) is 9.97 Å². The van der Waals surface area contributed by atoms with Gasteiger partial charge in [-0.25, -0.2) is 14.4 Å². The molecule has 5 rings (SSSR count). The molecule has 0 saturated heterocycles. The number of aromatic nitrogens is 2. The first kappa shape index (κ1) is 16.3. The fourth-order valence-corrected chi connectivity index (χ4v) is 4.98. The van der Waals surface area contributed by atoms with E-state index in [1.165, 1.54) is 12.1 Å². The molecule has 5 aromatic rings. The summed E-state index contributed by atoms with van der Waals surface area (Å²) in [5, 5.41) is 1.78. The van der Waals surface area contributed by atoms with Crippen LogP contribution in [-0.4, -0.2) is 9.97 Å².